The number of rotatable bonds is 4. The molecule has 150 valence electrons. The molecule has 2 atom stereocenters. The summed E-state index contributed by atoms with van der Waals surface area (Å²) in [4.78, 5) is 19.1. The van der Waals surface area contributed by atoms with Crippen LogP contribution in [0.5, 0.6) is 0 Å². The maximum atomic E-state index is 12.9. The average Bonchev–Trinajstić information content (AvgIpc) is 3.02. The first-order chi connectivity index (χ1) is 12.7. The lowest BCUT2D eigenvalue weighted by molar-refractivity contribution is -0.136. The average molecular weight is 394 g/mol. The number of piperazine rings is 1. The van der Waals surface area contributed by atoms with Gasteiger partial charge in [0.2, 0.25) is 5.91 Å². The zero-order valence-corrected chi connectivity index (χ0v) is 17.6. The van der Waals surface area contributed by atoms with Gasteiger partial charge in [-0.25, -0.2) is 8.42 Å². The van der Waals surface area contributed by atoms with E-state index in [-0.39, 0.29) is 29.5 Å². The summed E-state index contributed by atoms with van der Waals surface area (Å²) in [6.45, 7) is 9.68. The molecule has 7 heteroatoms. The Morgan fingerprint density at radius 2 is 1.85 bits per heavy atom. The standard InChI is InChI=1S/C20H31N3O3S/c1-15-6-5-7-19(16(15)2)23-11-9-22(10-12-23)17(3)20(24)21(4)18-8-13-27(25,26)14-18/h5-7,17-18H,8-14H2,1-4H3/t17-,18+/m1/s1. The maximum absolute atomic E-state index is 12.9. The van der Waals surface area contributed by atoms with E-state index in [4.69, 9.17) is 0 Å². The molecule has 2 aliphatic heterocycles. The Hall–Kier alpha value is -1.60. The Bertz CT molecular complexity index is 801. The number of nitrogens with zero attached hydrogens (tertiary/aromatic N) is 3. The fraction of sp³-hybridized carbons (Fsp3) is 0.650. The topological polar surface area (TPSA) is 60.9 Å². The Labute approximate surface area is 163 Å². The first kappa shape index (κ1) is 20.1. The Morgan fingerprint density at radius 1 is 1.19 bits per heavy atom. The van der Waals surface area contributed by atoms with Crippen molar-refractivity contribution in [3.8, 4) is 0 Å². The van der Waals surface area contributed by atoms with E-state index in [1.807, 2.05) is 6.92 Å². The van der Waals surface area contributed by atoms with E-state index in [0.29, 0.717) is 6.42 Å². The Morgan fingerprint density at radius 3 is 2.44 bits per heavy atom. The van der Waals surface area contributed by atoms with E-state index in [0.717, 1.165) is 26.2 Å². The molecule has 0 aromatic heterocycles. The van der Waals surface area contributed by atoms with E-state index in [1.165, 1.54) is 16.8 Å². The van der Waals surface area contributed by atoms with Gasteiger partial charge in [0.15, 0.2) is 9.84 Å². The molecule has 2 aliphatic rings. The number of hydrogen-bond donors (Lipinski definition) is 0. The molecule has 2 heterocycles. The van der Waals surface area contributed by atoms with Crippen molar-refractivity contribution in [2.75, 3.05) is 49.6 Å². The second kappa shape index (κ2) is 7.80. The van der Waals surface area contributed by atoms with Gasteiger partial charge in [-0.05, 0) is 44.4 Å². The normalized spacial score (nSPS) is 24.0. The number of amides is 1. The molecule has 6 nitrogen and oxygen atoms in total. The van der Waals surface area contributed by atoms with E-state index in [2.05, 4.69) is 41.8 Å². The minimum atomic E-state index is -2.98. The molecule has 0 saturated carbocycles. The minimum absolute atomic E-state index is 0.0253. The van der Waals surface area contributed by atoms with Crippen LogP contribution in [0.1, 0.15) is 24.5 Å². The van der Waals surface area contributed by atoms with Crippen molar-refractivity contribution in [1.82, 2.24) is 9.80 Å². The van der Waals surface area contributed by atoms with Crippen LogP contribution in [-0.4, -0.2) is 80.9 Å². The largest absolute Gasteiger partial charge is 0.369 e. The van der Waals surface area contributed by atoms with Crippen LogP contribution in [0.15, 0.2) is 18.2 Å². The molecule has 1 aromatic carbocycles. The van der Waals surface area contributed by atoms with Crippen molar-refractivity contribution < 1.29 is 13.2 Å². The third kappa shape index (κ3) is 4.29. The Balaban J connectivity index is 1.59. The van der Waals surface area contributed by atoms with Gasteiger partial charge in [-0.2, -0.15) is 0 Å². The number of sulfone groups is 1. The van der Waals surface area contributed by atoms with Crippen molar-refractivity contribution in [3.63, 3.8) is 0 Å². The lowest BCUT2D eigenvalue weighted by atomic mass is 10.1. The molecule has 0 aliphatic carbocycles. The summed E-state index contributed by atoms with van der Waals surface area (Å²) < 4.78 is 23.4. The van der Waals surface area contributed by atoms with E-state index in [9.17, 15) is 13.2 Å². The van der Waals surface area contributed by atoms with Gasteiger partial charge in [0.05, 0.1) is 17.5 Å². The summed E-state index contributed by atoms with van der Waals surface area (Å²) >= 11 is 0. The van der Waals surface area contributed by atoms with Crippen LogP contribution in [-0.2, 0) is 14.6 Å². The number of hydrogen-bond acceptors (Lipinski definition) is 5. The highest BCUT2D eigenvalue weighted by Gasteiger charge is 2.36. The third-order valence-corrected chi connectivity index (χ3v) is 7.99. The lowest BCUT2D eigenvalue weighted by Gasteiger charge is -2.40. The predicted octanol–water partition coefficient (Wildman–Crippen LogP) is 1.46. The van der Waals surface area contributed by atoms with Crippen LogP contribution in [0, 0.1) is 13.8 Å². The molecule has 0 spiro atoms. The van der Waals surface area contributed by atoms with Crippen LogP contribution in [0.2, 0.25) is 0 Å². The number of aryl methyl sites for hydroxylation is 1. The molecule has 1 amide bonds. The zero-order chi connectivity index (χ0) is 19.8. The summed E-state index contributed by atoms with van der Waals surface area (Å²) in [7, 11) is -1.24. The molecule has 27 heavy (non-hydrogen) atoms. The van der Waals surface area contributed by atoms with Gasteiger partial charge in [0.1, 0.15) is 0 Å². The fourth-order valence-corrected chi connectivity index (χ4v) is 5.91. The van der Waals surface area contributed by atoms with E-state index >= 15 is 0 Å². The van der Waals surface area contributed by atoms with Crippen molar-refractivity contribution in [2.24, 2.45) is 0 Å². The van der Waals surface area contributed by atoms with Gasteiger partial charge in [-0.1, -0.05) is 12.1 Å². The predicted molar refractivity (Wildman–Crippen MR) is 109 cm³/mol. The molecule has 3 rings (SSSR count). The second-order valence-electron chi connectivity index (χ2n) is 7.92. The zero-order valence-electron chi connectivity index (χ0n) is 16.8. The molecule has 2 fully saturated rings. The second-order valence-corrected chi connectivity index (χ2v) is 10.2. The van der Waals surface area contributed by atoms with E-state index in [1.54, 1.807) is 11.9 Å². The minimum Gasteiger partial charge on any atom is -0.369 e. The van der Waals surface area contributed by atoms with Gasteiger partial charge in [0, 0.05) is 45.0 Å². The van der Waals surface area contributed by atoms with Gasteiger partial charge >= 0.3 is 0 Å². The number of carbonyl (C=O) groups excluding carboxylic acids is 1. The number of likely N-dealkylation sites (N-methyl/N-ethyl adjacent to an activating group) is 1. The van der Waals surface area contributed by atoms with Gasteiger partial charge < -0.3 is 9.80 Å². The fourth-order valence-electron chi connectivity index (χ4n) is 4.14. The van der Waals surface area contributed by atoms with Gasteiger partial charge in [-0.3, -0.25) is 9.69 Å². The highest BCUT2D eigenvalue weighted by Crippen LogP contribution is 2.25. The molecule has 0 N–H and O–H groups in total. The molecule has 0 unspecified atom stereocenters. The summed E-state index contributed by atoms with van der Waals surface area (Å²) in [5.41, 5.74) is 3.89. The maximum Gasteiger partial charge on any atom is 0.239 e. The summed E-state index contributed by atoms with van der Waals surface area (Å²) in [5.74, 6) is 0.317. The summed E-state index contributed by atoms with van der Waals surface area (Å²) in [6.07, 6.45) is 0.553. The van der Waals surface area contributed by atoms with Crippen LogP contribution in [0.25, 0.3) is 0 Å². The van der Waals surface area contributed by atoms with E-state index < -0.39 is 9.84 Å². The summed E-state index contributed by atoms with van der Waals surface area (Å²) in [5, 5.41) is 0. The summed E-state index contributed by atoms with van der Waals surface area (Å²) in [6, 6.07) is 6.00. The molecule has 2 saturated heterocycles. The van der Waals surface area contributed by atoms with Gasteiger partial charge in [-0.15, -0.1) is 0 Å². The van der Waals surface area contributed by atoms with Crippen LogP contribution in [0.3, 0.4) is 0 Å². The highest BCUT2D eigenvalue weighted by molar-refractivity contribution is 7.91. The van der Waals surface area contributed by atoms with Crippen molar-refractivity contribution >= 4 is 21.4 Å². The first-order valence-corrected chi connectivity index (χ1v) is 11.5. The van der Waals surface area contributed by atoms with Crippen LogP contribution < -0.4 is 4.90 Å². The Kier molecular flexibility index (Phi) is 5.82. The molecule has 0 radical (unpaired) electrons. The number of carbonyl (C=O) groups is 1. The van der Waals surface area contributed by atoms with Crippen LogP contribution in [0.4, 0.5) is 5.69 Å². The van der Waals surface area contributed by atoms with Crippen molar-refractivity contribution in [3.05, 3.63) is 29.3 Å². The molecule has 0 bridgehead atoms. The smallest absolute Gasteiger partial charge is 0.239 e. The molecular formula is C20H31N3O3S. The number of anilines is 1. The quantitative estimate of drug-likeness (QED) is 0.775. The monoisotopic (exact) mass is 393 g/mol. The SMILES string of the molecule is Cc1cccc(N2CCN([C@H](C)C(=O)N(C)[C@H]3CCS(=O)(=O)C3)CC2)c1C. The molecule has 1 aromatic rings. The third-order valence-electron chi connectivity index (χ3n) is 6.24. The first-order valence-electron chi connectivity index (χ1n) is 9.72. The lowest BCUT2D eigenvalue weighted by Crippen LogP contribution is -2.55. The van der Waals surface area contributed by atoms with Crippen molar-refractivity contribution in [2.45, 2.75) is 39.3 Å². The molecular weight excluding hydrogens is 362 g/mol. The van der Waals surface area contributed by atoms with Gasteiger partial charge in [0.25, 0.3) is 0 Å². The van der Waals surface area contributed by atoms with Crippen LogP contribution >= 0.6 is 0 Å². The van der Waals surface area contributed by atoms with Crippen molar-refractivity contribution in [1.29, 1.82) is 0 Å². The highest BCUT2D eigenvalue weighted by atomic mass is 32.2. The number of benzene rings is 1.